The second-order valence-corrected chi connectivity index (χ2v) is 5.99. The predicted molar refractivity (Wildman–Crippen MR) is 107 cm³/mol. The number of nitriles is 3. The van der Waals surface area contributed by atoms with E-state index in [0.29, 0.717) is 34.6 Å². The van der Waals surface area contributed by atoms with Gasteiger partial charge in [0, 0.05) is 5.56 Å². The fourth-order valence-electron chi connectivity index (χ4n) is 2.68. The van der Waals surface area contributed by atoms with Crippen LogP contribution in [0.4, 0.5) is 0 Å². The SMILES string of the molecule is N#C/C(=C/c1ccc(OCc2ccccc2C#N)cc1)c1cccc(C#N)c1. The zero-order chi connectivity index (χ0) is 19.8. The number of hydrogen-bond donors (Lipinski definition) is 0. The largest absolute Gasteiger partial charge is 0.489 e. The molecule has 3 rings (SSSR count). The maximum absolute atomic E-state index is 9.47. The molecule has 0 bridgehead atoms. The van der Waals surface area contributed by atoms with E-state index < -0.39 is 0 Å². The van der Waals surface area contributed by atoms with Crippen LogP contribution in [-0.4, -0.2) is 0 Å². The number of hydrogen-bond acceptors (Lipinski definition) is 4. The Morgan fingerprint density at radius 1 is 0.857 bits per heavy atom. The molecule has 0 aliphatic rings. The highest BCUT2D eigenvalue weighted by Gasteiger charge is 2.04. The van der Waals surface area contributed by atoms with Crippen molar-refractivity contribution in [3.8, 4) is 24.0 Å². The van der Waals surface area contributed by atoms with E-state index in [2.05, 4.69) is 18.2 Å². The molecule has 0 saturated heterocycles. The van der Waals surface area contributed by atoms with Crippen LogP contribution in [0.15, 0.2) is 72.8 Å². The summed E-state index contributed by atoms with van der Waals surface area (Å²) in [5.74, 6) is 0.676. The van der Waals surface area contributed by atoms with Gasteiger partial charge < -0.3 is 4.74 Å². The lowest BCUT2D eigenvalue weighted by molar-refractivity contribution is 0.306. The molecular formula is C24H15N3O. The Hall–Kier alpha value is -4.33. The molecule has 0 saturated carbocycles. The molecule has 0 amide bonds. The van der Waals surface area contributed by atoms with Gasteiger partial charge in [0.2, 0.25) is 0 Å². The van der Waals surface area contributed by atoms with Crippen molar-refractivity contribution in [1.29, 1.82) is 15.8 Å². The van der Waals surface area contributed by atoms with Crippen LogP contribution >= 0.6 is 0 Å². The van der Waals surface area contributed by atoms with Gasteiger partial charge in [0.25, 0.3) is 0 Å². The number of allylic oxidation sites excluding steroid dienone is 1. The lowest BCUT2D eigenvalue weighted by Gasteiger charge is -2.08. The van der Waals surface area contributed by atoms with E-state index in [1.54, 1.807) is 36.4 Å². The molecule has 0 fully saturated rings. The minimum Gasteiger partial charge on any atom is -0.489 e. The van der Waals surface area contributed by atoms with E-state index >= 15 is 0 Å². The van der Waals surface area contributed by atoms with Crippen molar-refractivity contribution in [1.82, 2.24) is 0 Å². The third-order valence-corrected chi connectivity index (χ3v) is 4.15. The van der Waals surface area contributed by atoms with Crippen molar-refractivity contribution in [2.45, 2.75) is 6.61 Å². The van der Waals surface area contributed by atoms with Gasteiger partial charge in [0.15, 0.2) is 0 Å². The van der Waals surface area contributed by atoms with E-state index in [4.69, 9.17) is 15.3 Å². The molecule has 0 aromatic heterocycles. The van der Waals surface area contributed by atoms with Crippen LogP contribution in [0.2, 0.25) is 0 Å². The summed E-state index contributed by atoms with van der Waals surface area (Å²) in [6.07, 6.45) is 1.77. The second-order valence-electron chi connectivity index (χ2n) is 5.99. The Bertz CT molecular complexity index is 1140. The van der Waals surface area contributed by atoms with Crippen molar-refractivity contribution in [2.75, 3.05) is 0 Å². The molecule has 0 aliphatic carbocycles. The Morgan fingerprint density at radius 2 is 1.64 bits per heavy atom. The first kappa shape index (κ1) is 18.5. The number of benzene rings is 3. The number of ether oxygens (including phenoxy) is 1. The second kappa shape index (κ2) is 8.86. The summed E-state index contributed by atoms with van der Waals surface area (Å²) in [4.78, 5) is 0. The summed E-state index contributed by atoms with van der Waals surface area (Å²) < 4.78 is 5.76. The molecule has 0 unspecified atom stereocenters. The quantitative estimate of drug-likeness (QED) is 0.469. The minimum atomic E-state index is 0.309. The minimum absolute atomic E-state index is 0.309. The fraction of sp³-hybridized carbons (Fsp3) is 0.0417. The summed E-state index contributed by atoms with van der Waals surface area (Å²) in [5, 5.41) is 27.6. The molecule has 0 heterocycles. The van der Waals surface area contributed by atoms with Gasteiger partial charge in [-0.05, 0) is 47.5 Å². The van der Waals surface area contributed by atoms with Gasteiger partial charge in [-0.1, -0.05) is 42.5 Å². The molecule has 3 aromatic rings. The third kappa shape index (κ3) is 4.44. The maximum atomic E-state index is 9.47. The normalized spacial score (nSPS) is 10.4. The molecule has 4 heteroatoms. The van der Waals surface area contributed by atoms with Crippen LogP contribution in [0.3, 0.4) is 0 Å². The molecule has 0 N–H and O–H groups in total. The smallest absolute Gasteiger partial charge is 0.119 e. The van der Waals surface area contributed by atoms with Gasteiger partial charge in [-0.2, -0.15) is 15.8 Å². The third-order valence-electron chi connectivity index (χ3n) is 4.15. The van der Waals surface area contributed by atoms with Crippen molar-refractivity contribution in [3.63, 3.8) is 0 Å². The van der Waals surface area contributed by atoms with Crippen molar-refractivity contribution in [2.24, 2.45) is 0 Å². The van der Waals surface area contributed by atoms with Crippen LogP contribution < -0.4 is 4.74 Å². The maximum Gasteiger partial charge on any atom is 0.119 e. The van der Waals surface area contributed by atoms with E-state index in [0.717, 1.165) is 11.1 Å². The summed E-state index contributed by atoms with van der Waals surface area (Å²) >= 11 is 0. The van der Waals surface area contributed by atoms with Gasteiger partial charge >= 0.3 is 0 Å². The topological polar surface area (TPSA) is 80.6 Å². The lowest BCUT2D eigenvalue weighted by atomic mass is 10.0. The number of rotatable bonds is 5. The molecule has 3 aromatic carbocycles. The van der Waals surface area contributed by atoms with Gasteiger partial charge in [-0.3, -0.25) is 0 Å². The Balaban J connectivity index is 1.75. The Morgan fingerprint density at radius 3 is 2.36 bits per heavy atom. The number of nitrogens with zero attached hydrogens (tertiary/aromatic N) is 3. The molecular weight excluding hydrogens is 346 g/mol. The summed E-state index contributed by atoms with van der Waals surface area (Å²) in [6.45, 7) is 0.309. The lowest BCUT2D eigenvalue weighted by Crippen LogP contribution is -1.98. The molecule has 4 nitrogen and oxygen atoms in total. The summed E-state index contributed by atoms with van der Waals surface area (Å²) in [5.41, 5.74) is 3.98. The highest BCUT2D eigenvalue weighted by Crippen LogP contribution is 2.21. The highest BCUT2D eigenvalue weighted by molar-refractivity contribution is 5.89. The van der Waals surface area contributed by atoms with Gasteiger partial charge in [0.05, 0.1) is 34.9 Å². The zero-order valence-corrected chi connectivity index (χ0v) is 15.0. The van der Waals surface area contributed by atoms with Crippen LogP contribution in [-0.2, 0) is 6.61 Å². The Kier molecular flexibility index (Phi) is 5.84. The van der Waals surface area contributed by atoms with Crippen LogP contribution in [0.25, 0.3) is 11.6 Å². The first-order chi connectivity index (χ1) is 13.7. The monoisotopic (exact) mass is 361 g/mol. The Labute approximate surface area is 163 Å². The van der Waals surface area contributed by atoms with Gasteiger partial charge in [0.1, 0.15) is 12.4 Å². The van der Waals surface area contributed by atoms with Crippen molar-refractivity contribution >= 4 is 11.6 Å². The standard InChI is InChI=1S/C24H15N3O/c25-14-19-4-3-7-20(13-19)23(16-27)12-18-8-10-24(11-9-18)28-17-22-6-2-1-5-21(22)15-26/h1-13H,17H2/b23-12-. The molecule has 0 aliphatic heterocycles. The van der Waals surface area contributed by atoms with E-state index in [9.17, 15) is 5.26 Å². The van der Waals surface area contributed by atoms with Gasteiger partial charge in [-0.15, -0.1) is 0 Å². The van der Waals surface area contributed by atoms with E-state index in [1.165, 1.54) is 0 Å². The molecule has 0 atom stereocenters. The van der Waals surface area contributed by atoms with E-state index in [1.807, 2.05) is 42.5 Å². The molecule has 132 valence electrons. The highest BCUT2D eigenvalue weighted by atomic mass is 16.5. The zero-order valence-electron chi connectivity index (χ0n) is 15.0. The van der Waals surface area contributed by atoms with Crippen LogP contribution in [0.5, 0.6) is 5.75 Å². The van der Waals surface area contributed by atoms with Crippen LogP contribution in [0, 0.1) is 34.0 Å². The molecule has 0 spiro atoms. The molecule has 0 radical (unpaired) electrons. The van der Waals surface area contributed by atoms with Crippen LogP contribution in [0.1, 0.15) is 27.8 Å². The predicted octanol–water partition coefficient (Wildman–Crippen LogP) is 5.07. The van der Waals surface area contributed by atoms with Crippen molar-refractivity contribution < 1.29 is 4.74 Å². The molecule has 28 heavy (non-hydrogen) atoms. The fourth-order valence-corrected chi connectivity index (χ4v) is 2.68. The van der Waals surface area contributed by atoms with E-state index in [-0.39, 0.29) is 0 Å². The first-order valence-electron chi connectivity index (χ1n) is 8.56. The summed E-state index contributed by atoms with van der Waals surface area (Å²) in [7, 11) is 0. The van der Waals surface area contributed by atoms with Gasteiger partial charge in [-0.25, -0.2) is 0 Å². The summed E-state index contributed by atoms with van der Waals surface area (Å²) in [6, 6.07) is 28.1. The average molecular weight is 361 g/mol. The average Bonchev–Trinajstić information content (AvgIpc) is 2.77. The first-order valence-corrected chi connectivity index (χ1v) is 8.56. The van der Waals surface area contributed by atoms with Crippen molar-refractivity contribution in [3.05, 3.63) is 101 Å².